The summed E-state index contributed by atoms with van der Waals surface area (Å²) in [5, 5.41) is 0.621. The molecule has 2 aromatic rings. The molecule has 0 atom stereocenters. The molecule has 0 fully saturated rings. The number of benzene rings is 1. The smallest absolute Gasteiger partial charge is 0.132 e. The van der Waals surface area contributed by atoms with Gasteiger partial charge in [0, 0.05) is 11.6 Å². The molecule has 0 saturated carbocycles. The maximum absolute atomic E-state index is 13.5. The fourth-order valence-corrected chi connectivity index (χ4v) is 1.74. The Bertz CT molecular complexity index is 477. The molecule has 0 aliphatic heterocycles. The van der Waals surface area contributed by atoms with Crippen LogP contribution in [0.1, 0.15) is 19.4 Å². The number of fused-ring (bicyclic) bond motifs is 1. The van der Waals surface area contributed by atoms with Gasteiger partial charge < -0.3 is 0 Å². The quantitative estimate of drug-likeness (QED) is 0.727. The van der Waals surface area contributed by atoms with Gasteiger partial charge >= 0.3 is 0 Å². The monoisotopic (exact) mass is 203 g/mol. The molecule has 1 aromatic heterocycles. The maximum Gasteiger partial charge on any atom is 0.132 e. The molecular formula is C13H14FN. The van der Waals surface area contributed by atoms with Crippen molar-refractivity contribution in [3.8, 4) is 0 Å². The predicted octanol–water partition coefficient (Wildman–Crippen LogP) is 3.57. The summed E-state index contributed by atoms with van der Waals surface area (Å²) in [7, 11) is 0. The van der Waals surface area contributed by atoms with Crippen LogP contribution in [0.15, 0.2) is 30.5 Å². The fraction of sp³-hybridized carbons (Fsp3) is 0.308. The first-order valence-electron chi connectivity index (χ1n) is 5.20. The van der Waals surface area contributed by atoms with Crippen LogP contribution in [-0.2, 0) is 6.42 Å². The van der Waals surface area contributed by atoms with Gasteiger partial charge in [0.05, 0.1) is 5.52 Å². The zero-order valence-corrected chi connectivity index (χ0v) is 9.00. The molecule has 0 aliphatic carbocycles. The third-order valence-corrected chi connectivity index (χ3v) is 2.37. The number of nitrogens with zero attached hydrogens (tertiary/aromatic N) is 1. The van der Waals surface area contributed by atoms with Crippen LogP contribution in [0.2, 0.25) is 0 Å². The summed E-state index contributed by atoms with van der Waals surface area (Å²) in [6.45, 7) is 4.29. The predicted molar refractivity (Wildman–Crippen MR) is 60.2 cm³/mol. The standard InChI is InChI=1S/C13H14FN/c1-9(2)6-10-7-11-12(14)4-3-5-13(11)15-8-10/h3-5,7-9H,6H2,1-2H3. The van der Waals surface area contributed by atoms with E-state index >= 15 is 0 Å². The zero-order chi connectivity index (χ0) is 10.8. The minimum Gasteiger partial charge on any atom is -0.256 e. The van der Waals surface area contributed by atoms with Crippen LogP contribution >= 0.6 is 0 Å². The Morgan fingerprint density at radius 1 is 1.33 bits per heavy atom. The molecule has 1 aromatic carbocycles. The average Bonchev–Trinajstić information content (AvgIpc) is 2.18. The van der Waals surface area contributed by atoms with Gasteiger partial charge in [-0.1, -0.05) is 19.9 Å². The van der Waals surface area contributed by atoms with Gasteiger partial charge in [-0.15, -0.1) is 0 Å². The van der Waals surface area contributed by atoms with Gasteiger partial charge in [0.2, 0.25) is 0 Å². The molecule has 0 N–H and O–H groups in total. The number of hydrogen-bond donors (Lipinski definition) is 0. The van der Waals surface area contributed by atoms with Crippen LogP contribution < -0.4 is 0 Å². The van der Waals surface area contributed by atoms with Gasteiger partial charge in [-0.3, -0.25) is 4.98 Å². The Morgan fingerprint density at radius 2 is 2.13 bits per heavy atom. The Balaban J connectivity index is 2.50. The van der Waals surface area contributed by atoms with E-state index in [4.69, 9.17) is 0 Å². The average molecular weight is 203 g/mol. The number of aromatic nitrogens is 1. The molecule has 78 valence electrons. The van der Waals surface area contributed by atoms with E-state index in [1.165, 1.54) is 6.07 Å². The summed E-state index contributed by atoms with van der Waals surface area (Å²) in [4.78, 5) is 4.26. The van der Waals surface area contributed by atoms with Crippen LogP contribution in [0, 0.1) is 11.7 Å². The lowest BCUT2D eigenvalue weighted by atomic mass is 10.0. The van der Waals surface area contributed by atoms with Crippen molar-refractivity contribution >= 4 is 10.9 Å². The van der Waals surface area contributed by atoms with Gasteiger partial charge in [-0.25, -0.2) is 4.39 Å². The Hall–Kier alpha value is -1.44. The first-order valence-corrected chi connectivity index (χ1v) is 5.20. The third-order valence-electron chi connectivity index (χ3n) is 2.37. The second kappa shape index (κ2) is 3.97. The highest BCUT2D eigenvalue weighted by molar-refractivity contribution is 5.79. The van der Waals surface area contributed by atoms with Crippen molar-refractivity contribution in [2.45, 2.75) is 20.3 Å². The minimum atomic E-state index is -0.189. The normalized spacial score (nSPS) is 11.2. The van der Waals surface area contributed by atoms with Gasteiger partial charge in [-0.2, -0.15) is 0 Å². The van der Waals surface area contributed by atoms with E-state index < -0.39 is 0 Å². The van der Waals surface area contributed by atoms with Gasteiger partial charge in [0.1, 0.15) is 5.82 Å². The second-order valence-corrected chi connectivity index (χ2v) is 4.25. The molecule has 0 saturated heterocycles. The number of rotatable bonds is 2. The minimum absolute atomic E-state index is 0.189. The van der Waals surface area contributed by atoms with Crippen LogP contribution in [0.5, 0.6) is 0 Å². The highest BCUT2D eigenvalue weighted by Gasteiger charge is 2.03. The summed E-state index contributed by atoms with van der Waals surface area (Å²) in [5.41, 5.74) is 1.82. The molecule has 0 amide bonds. The lowest BCUT2D eigenvalue weighted by Gasteiger charge is -2.06. The number of halogens is 1. The first kappa shape index (κ1) is 10.1. The Morgan fingerprint density at radius 3 is 2.87 bits per heavy atom. The van der Waals surface area contributed by atoms with Crippen molar-refractivity contribution in [2.75, 3.05) is 0 Å². The molecule has 1 heterocycles. The Kier molecular flexibility index (Phi) is 2.67. The van der Waals surface area contributed by atoms with E-state index in [1.54, 1.807) is 6.07 Å². The molecule has 15 heavy (non-hydrogen) atoms. The summed E-state index contributed by atoms with van der Waals surface area (Å²) >= 11 is 0. The third kappa shape index (κ3) is 2.14. The molecule has 0 bridgehead atoms. The van der Waals surface area contributed by atoms with E-state index in [-0.39, 0.29) is 5.82 Å². The van der Waals surface area contributed by atoms with Crippen molar-refractivity contribution < 1.29 is 4.39 Å². The summed E-state index contributed by atoms with van der Waals surface area (Å²) in [6.07, 6.45) is 2.78. The molecule has 0 aliphatic rings. The van der Waals surface area contributed by atoms with E-state index in [9.17, 15) is 4.39 Å². The summed E-state index contributed by atoms with van der Waals surface area (Å²) in [5.74, 6) is 0.377. The van der Waals surface area contributed by atoms with Gasteiger partial charge in [0.15, 0.2) is 0 Å². The molecule has 2 rings (SSSR count). The first-order chi connectivity index (χ1) is 7.16. The largest absolute Gasteiger partial charge is 0.256 e. The van der Waals surface area contributed by atoms with Crippen LogP contribution in [0.25, 0.3) is 10.9 Å². The molecule has 0 spiro atoms. The zero-order valence-electron chi connectivity index (χ0n) is 9.00. The van der Waals surface area contributed by atoms with Crippen LogP contribution in [0.3, 0.4) is 0 Å². The molecule has 0 unspecified atom stereocenters. The maximum atomic E-state index is 13.5. The van der Waals surface area contributed by atoms with Crippen molar-refractivity contribution in [3.63, 3.8) is 0 Å². The van der Waals surface area contributed by atoms with Gasteiger partial charge in [0.25, 0.3) is 0 Å². The van der Waals surface area contributed by atoms with E-state index in [0.29, 0.717) is 11.3 Å². The highest BCUT2D eigenvalue weighted by Crippen LogP contribution is 2.18. The van der Waals surface area contributed by atoms with Crippen molar-refractivity contribution in [1.82, 2.24) is 4.98 Å². The molecule has 2 heteroatoms. The van der Waals surface area contributed by atoms with Gasteiger partial charge in [-0.05, 0) is 36.1 Å². The number of hydrogen-bond acceptors (Lipinski definition) is 1. The summed E-state index contributed by atoms with van der Waals surface area (Å²) < 4.78 is 13.5. The van der Waals surface area contributed by atoms with Crippen LogP contribution in [0.4, 0.5) is 4.39 Å². The lowest BCUT2D eigenvalue weighted by Crippen LogP contribution is -1.95. The highest BCUT2D eigenvalue weighted by atomic mass is 19.1. The Labute approximate surface area is 89.0 Å². The van der Waals surface area contributed by atoms with Crippen molar-refractivity contribution in [2.24, 2.45) is 5.92 Å². The summed E-state index contributed by atoms with van der Waals surface area (Å²) in [6, 6.07) is 6.89. The van der Waals surface area contributed by atoms with E-state index in [1.807, 2.05) is 18.3 Å². The van der Waals surface area contributed by atoms with Crippen molar-refractivity contribution in [3.05, 3.63) is 41.8 Å². The van der Waals surface area contributed by atoms with Crippen LogP contribution in [-0.4, -0.2) is 4.98 Å². The van der Waals surface area contributed by atoms with E-state index in [2.05, 4.69) is 18.8 Å². The fourth-order valence-electron chi connectivity index (χ4n) is 1.74. The SMILES string of the molecule is CC(C)Cc1cnc2cccc(F)c2c1. The number of pyridine rings is 1. The molecule has 0 radical (unpaired) electrons. The van der Waals surface area contributed by atoms with E-state index in [0.717, 1.165) is 17.5 Å². The van der Waals surface area contributed by atoms with Crippen molar-refractivity contribution in [1.29, 1.82) is 0 Å². The second-order valence-electron chi connectivity index (χ2n) is 4.25. The molecule has 1 nitrogen and oxygen atoms in total. The molecular weight excluding hydrogens is 189 g/mol. The topological polar surface area (TPSA) is 12.9 Å². The lowest BCUT2D eigenvalue weighted by molar-refractivity contribution is 0.635.